The minimum Gasteiger partial charge on any atom is -0.444 e. The summed E-state index contributed by atoms with van der Waals surface area (Å²) in [4.78, 5) is 34.2. The molecule has 0 aromatic carbocycles. The number of hydrogen-bond acceptors (Lipinski definition) is 8. The van der Waals surface area contributed by atoms with Gasteiger partial charge in [-0.05, 0) is 79.4 Å². The number of carbonyl (C=O) groups excluding carboxylic acids is 2. The largest absolute Gasteiger partial charge is 0.444 e. The van der Waals surface area contributed by atoms with E-state index in [2.05, 4.69) is 15.4 Å². The number of ether oxygens (including phenoxy) is 2. The molecule has 2 aromatic heterocycles. The number of rotatable bonds is 1. The maximum Gasteiger partial charge on any atom is 0.420 e. The van der Waals surface area contributed by atoms with E-state index in [0.717, 1.165) is 49.4 Å². The fourth-order valence-electron chi connectivity index (χ4n) is 6.23. The zero-order chi connectivity index (χ0) is 31.3. The van der Waals surface area contributed by atoms with Crippen LogP contribution in [-0.2, 0) is 15.7 Å². The SMILES string of the molecule is CC(C)(C)OC(=O)N1C2CCCC1CN(c1nc3c(C(F)(F)F)cccn3n1)C2.CC(C)(C)OC(=O)N1C2CNCC1C2. The summed E-state index contributed by atoms with van der Waals surface area (Å²) in [7, 11) is 0. The third kappa shape index (κ3) is 6.94. The number of alkyl halides is 3. The zero-order valence-electron chi connectivity index (χ0n) is 25.6. The summed E-state index contributed by atoms with van der Waals surface area (Å²) in [6.45, 7) is 13.9. The lowest BCUT2D eigenvalue weighted by molar-refractivity contribution is -0.136. The number of piperidine rings is 2. The highest BCUT2D eigenvalue weighted by molar-refractivity contribution is 5.71. The van der Waals surface area contributed by atoms with E-state index in [1.807, 2.05) is 51.3 Å². The molecule has 4 bridgehead atoms. The molecule has 0 radical (unpaired) electrons. The first-order valence-electron chi connectivity index (χ1n) is 14.9. The van der Waals surface area contributed by atoms with Crippen LogP contribution in [-0.4, -0.2) is 98.1 Å². The molecule has 2 amide bonds. The normalized spacial score (nSPS) is 25.5. The van der Waals surface area contributed by atoms with Gasteiger partial charge < -0.3 is 19.7 Å². The van der Waals surface area contributed by atoms with E-state index in [1.165, 1.54) is 12.3 Å². The quantitative estimate of drug-likeness (QED) is 0.497. The van der Waals surface area contributed by atoms with Gasteiger partial charge in [0.05, 0.1) is 12.1 Å². The van der Waals surface area contributed by atoms with Crippen LogP contribution >= 0.6 is 0 Å². The molecule has 238 valence electrons. The van der Waals surface area contributed by atoms with Crippen LogP contribution in [0.3, 0.4) is 0 Å². The minimum atomic E-state index is -4.50. The van der Waals surface area contributed by atoms with E-state index in [0.29, 0.717) is 25.2 Å². The molecule has 5 aliphatic rings. The Labute approximate surface area is 249 Å². The van der Waals surface area contributed by atoms with Crippen LogP contribution in [0.15, 0.2) is 18.3 Å². The van der Waals surface area contributed by atoms with Crippen molar-refractivity contribution in [3.63, 3.8) is 0 Å². The third-order valence-electron chi connectivity index (χ3n) is 7.96. The number of amides is 2. The first-order valence-corrected chi connectivity index (χ1v) is 14.9. The number of pyridine rings is 1. The highest BCUT2D eigenvalue weighted by Crippen LogP contribution is 2.35. The van der Waals surface area contributed by atoms with E-state index in [1.54, 1.807) is 4.90 Å². The van der Waals surface area contributed by atoms with Gasteiger partial charge in [0.15, 0.2) is 5.65 Å². The molecule has 0 saturated carbocycles. The van der Waals surface area contributed by atoms with Gasteiger partial charge in [-0.25, -0.2) is 14.1 Å². The van der Waals surface area contributed by atoms with Gasteiger partial charge >= 0.3 is 18.4 Å². The molecular weight excluding hydrogens is 567 g/mol. The number of halogens is 3. The first-order chi connectivity index (χ1) is 20.0. The Morgan fingerprint density at radius 3 is 1.91 bits per heavy atom. The average molecular weight is 610 g/mol. The predicted octanol–water partition coefficient (Wildman–Crippen LogP) is 4.69. The molecule has 4 atom stereocenters. The van der Waals surface area contributed by atoms with Gasteiger partial charge in [-0.1, -0.05) is 0 Å². The summed E-state index contributed by atoms with van der Waals surface area (Å²) in [5.41, 5.74) is -1.99. The van der Waals surface area contributed by atoms with Gasteiger partial charge in [0.25, 0.3) is 0 Å². The van der Waals surface area contributed by atoms with Crippen molar-refractivity contribution in [2.45, 2.75) is 109 Å². The molecule has 43 heavy (non-hydrogen) atoms. The molecule has 0 aliphatic carbocycles. The Morgan fingerprint density at radius 2 is 1.42 bits per heavy atom. The van der Waals surface area contributed by atoms with Crippen LogP contribution in [0.2, 0.25) is 0 Å². The van der Waals surface area contributed by atoms with Crippen LogP contribution in [0.25, 0.3) is 5.65 Å². The molecule has 4 unspecified atom stereocenters. The summed E-state index contributed by atoms with van der Waals surface area (Å²) in [6, 6.07) is 2.89. The standard InChI is InChI=1S/C19H24F3N5O2.C10H18N2O2/c1-18(2,3)29-17(28)27-12-6-4-7-13(27)11-25(10-12)16-23-15-14(19(20,21)22)8-5-9-26(15)24-16;1-10(2,3)14-9(13)12-7-4-8(12)6-11-5-7/h5,8-9,12-13H,4,6-7,10-11H2,1-3H3;7-8,11H,4-6H2,1-3H3. The Hall–Kier alpha value is -3.29. The van der Waals surface area contributed by atoms with Crippen molar-refractivity contribution < 1.29 is 32.2 Å². The summed E-state index contributed by atoms with van der Waals surface area (Å²) in [5.74, 6) is 0.252. The molecule has 14 heteroatoms. The summed E-state index contributed by atoms with van der Waals surface area (Å²) in [6.07, 6.45) is 0.221. The summed E-state index contributed by atoms with van der Waals surface area (Å²) < 4.78 is 51.9. The molecule has 2 aromatic rings. The second kappa shape index (κ2) is 11.3. The van der Waals surface area contributed by atoms with Gasteiger partial charge in [-0.15, -0.1) is 5.10 Å². The van der Waals surface area contributed by atoms with Crippen molar-refractivity contribution in [3.05, 3.63) is 23.9 Å². The Balaban J connectivity index is 0.000000220. The lowest BCUT2D eigenvalue weighted by atomic mass is 9.89. The Kier molecular flexibility index (Phi) is 8.20. The van der Waals surface area contributed by atoms with Crippen LogP contribution in [0.4, 0.5) is 28.7 Å². The maximum atomic E-state index is 13.3. The van der Waals surface area contributed by atoms with E-state index in [4.69, 9.17) is 9.47 Å². The van der Waals surface area contributed by atoms with Gasteiger partial charge in [0, 0.05) is 44.5 Å². The second-order valence-corrected chi connectivity index (χ2v) is 13.7. The van der Waals surface area contributed by atoms with E-state index in [9.17, 15) is 22.8 Å². The van der Waals surface area contributed by atoms with E-state index >= 15 is 0 Å². The molecule has 5 saturated heterocycles. The number of carbonyl (C=O) groups is 2. The minimum absolute atomic E-state index is 0.0777. The van der Waals surface area contributed by atoms with Crippen LogP contribution in [0.5, 0.6) is 0 Å². The number of aromatic nitrogens is 3. The monoisotopic (exact) mass is 609 g/mol. The highest BCUT2D eigenvalue weighted by atomic mass is 19.4. The second-order valence-electron chi connectivity index (χ2n) is 13.7. The smallest absolute Gasteiger partial charge is 0.420 e. The lowest BCUT2D eigenvalue weighted by Crippen LogP contribution is -2.69. The summed E-state index contributed by atoms with van der Waals surface area (Å²) in [5, 5.41) is 7.55. The van der Waals surface area contributed by atoms with Crippen molar-refractivity contribution in [2.75, 3.05) is 31.1 Å². The molecule has 11 nitrogen and oxygen atoms in total. The Bertz CT molecular complexity index is 1310. The molecule has 1 N–H and O–H groups in total. The predicted molar refractivity (Wildman–Crippen MR) is 153 cm³/mol. The van der Waals surface area contributed by atoms with Crippen molar-refractivity contribution in [3.8, 4) is 0 Å². The number of anilines is 1. The molecule has 7 rings (SSSR count). The fourth-order valence-corrected chi connectivity index (χ4v) is 6.23. The topological polar surface area (TPSA) is 105 Å². The fraction of sp³-hybridized carbons (Fsp3) is 0.724. The van der Waals surface area contributed by atoms with Gasteiger partial charge in [-0.3, -0.25) is 9.80 Å². The van der Waals surface area contributed by atoms with Gasteiger partial charge in [0.2, 0.25) is 5.95 Å². The first kappa shape index (κ1) is 31.1. The van der Waals surface area contributed by atoms with Crippen LogP contribution < -0.4 is 10.2 Å². The van der Waals surface area contributed by atoms with Gasteiger partial charge in [0.1, 0.15) is 16.8 Å². The Morgan fingerprint density at radius 1 is 0.884 bits per heavy atom. The zero-order valence-corrected chi connectivity index (χ0v) is 25.6. The number of piperazine rings is 2. The number of nitrogens with zero attached hydrogens (tertiary/aromatic N) is 6. The van der Waals surface area contributed by atoms with Crippen molar-refractivity contribution >= 4 is 23.8 Å². The van der Waals surface area contributed by atoms with Crippen LogP contribution in [0, 0.1) is 0 Å². The molecule has 7 heterocycles. The van der Waals surface area contributed by atoms with E-state index in [-0.39, 0.29) is 41.5 Å². The molecule has 5 aliphatic heterocycles. The number of nitrogens with one attached hydrogen (secondary N) is 1. The van der Waals surface area contributed by atoms with E-state index < -0.39 is 17.3 Å². The summed E-state index contributed by atoms with van der Waals surface area (Å²) >= 11 is 0. The number of fused-ring (bicyclic) bond motifs is 5. The maximum absolute atomic E-state index is 13.3. The van der Waals surface area contributed by atoms with Crippen molar-refractivity contribution in [1.82, 2.24) is 29.7 Å². The lowest BCUT2D eigenvalue weighted by Gasteiger charge is -2.52. The van der Waals surface area contributed by atoms with Gasteiger partial charge in [-0.2, -0.15) is 18.2 Å². The van der Waals surface area contributed by atoms with Crippen molar-refractivity contribution in [2.24, 2.45) is 0 Å². The highest BCUT2D eigenvalue weighted by Gasteiger charge is 2.46. The number of hydrogen-bond donors (Lipinski definition) is 1. The van der Waals surface area contributed by atoms with Crippen molar-refractivity contribution in [1.29, 1.82) is 0 Å². The average Bonchev–Trinajstić information content (AvgIpc) is 3.30. The molecule has 0 spiro atoms. The molecular formula is C29H42F3N7O4. The third-order valence-corrected chi connectivity index (χ3v) is 7.96. The van der Waals surface area contributed by atoms with Crippen LogP contribution in [0.1, 0.15) is 72.8 Å². The molecule has 5 fully saturated rings.